The summed E-state index contributed by atoms with van der Waals surface area (Å²) >= 11 is 0. The van der Waals surface area contributed by atoms with E-state index in [0.29, 0.717) is 19.2 Å². The molecule has 2 aliphatic rings. The number of nitrogens with zero attached hydrogens (tertiary/aromatic N) is 1. The Labute approximate surface area is 103 Å². The van der Waals surface area contributed by atoms with Crippen LogP contribution in [0.2, 0.25) is 0 Å². The van der Waals surface area contributed by atoms with Crippen LogP contribution in [0, 0.1) is 0 Å². The Morgan fingerprint density at radius 2 is 1.76 bits per heavy atom. The van der Waals surface area contributed by atoms with Gasteiger partial charge in [0.1, 0.15) is 0 Å². The highest BCUT2D eigenvalue weighted by Crippen LogP contribution is 2.23. The third-order valence-corrected chi connectivity index (χ3v) is 3.96. The minimum Gasteiger partial charge on any atom is -0.479 e. The molecule has 17 heavy (non-hydrogen) atoms. The summed E-state index contributed by atoms with van der Waals surface area (Å²) < 4.78 is 5.28. The molecule has 4 heteroatoms. The van der Waals surface area contributed by atoms with Crippen LogP contribution >= 0.6 is 0 Å². The van der Waals surface area contributed by atoms with Gasteiger partial charge in [-0.3, -0.25) is 4.90 Å². The van der Waals surface area contributed by atoms with Gasteiger partial charge in [-0.15, -0.1) is 0 Å². The molecule has 1 saturated carbocycles. The van der Waals surface area contributed by atoms with Gasteiger partial charge < -0.3 is 9.84 Å². The van der Waals surface area contributed by atoms with Gasteiger partial charge in [0.05, 0.1) is 6.61 Å². The van der Waals surface area contributed by atoms with Crippen LogP contribution < -0.4 is 0 Å². The summed E-state index contributed by atoms with van der Waals surface area (Å²) in [5.41, 5.74) is 0. The summed E-state index contributed by atoms with van der Waals surface area (Å²) in [4.78, 5) is 13.3. The minimum absolute atomic E-state index is 0.563. The lowest BCUT2D eigenvalue weighted by atomic mass is 9.95. The first-order valence-electron chi connectivity index (χ1n) is 6.86. The average Bonchev–Trinajstić information content (AvgIpc) is 2.28. The number of aliphatic carboxylic acids is 1. The van der Waals surface area contributed by atoms with Gasteiger partial charge in [-0.1, -0.05) is 32.1 Å². The Morgan fingerprint density at radius 1 is 1.12 bits per heavy atom. The third-order valence-electron chi connectivity index (χ3n) is 3.96. The fraction of sp³-hybridized carbons (Fsp3) is 0.923. The molecule has 2 rings (SSSR count). The molecule has 4 nitrogen and oxygen atoms in total. The first-order valence-corrected chi connectivity index (χ1v) is 6.86. The molecule has 0 bridgehead atoms. The Hall–Kier alpha value is -0.610. The van der Waals surface area contributed by atoms with Gasteiger partial charge in [-0.2, -0.15) is 0 Å². The molecule has 0 aromatic rings. The van der Waals surface area contributed by atoms with Crippen LogP contribution in [-0.2, 0) is 9.53 Å². The van der Waals surface area contributed by atoms with Crippen molar-refractivity contribution in [3.05, 3.63) is 0 Å². The van der Waals surface area contributed by atoms with Gasteiger partial charge in [0.15, 0.2) is 6.10 Å². The highest BCUT2D eigenvalue weighted by molar-refractivity contribution is 5.72. The van der Waals surface area contributed by atoms with Gasteiger partial charge in [0.2, 0.25) is 0 Å². The van der Waals surface area contributed by atoms with E-state index in [1.807, 2.05) is 0 Å². The second-order valence-corrected chi connectivity index (χ2v) is 5.19. The first kappa shape index (κ1) is 12.8. The molecular weight excluding hydrogens is 218 g/mol. The van der Waals surface area contributed by atoms with Crippen molar-refractivity contribution in [3.63, 3.8) is 0 Å². The van der Waals surface area contributed by atoms with E-state index in [-0.39, 0.29) is 0 Å². The van der Waals surface area contributed by atoms with Crippen molar-refractivity contribution in [2.75, 3.05) is 19.7 Å². The van der Waals surface area contributed by atoms with Gasteiger partial charge in [0.25, 0.3) is 0 Å². The fourth-order valence-electron chi connectivity index (χ4n) is 2.95. The summed E-state index contributed by atoms with van der Waals surface area (Å²) in [6.45, 7) is 2.03. The van der Waals surface area contributed by atoms with Crippen LogP contribution in [0.5, 0.6) is 0 Å². The molecule has 1 aliphatic heterocycles. The quantitative estimate of drug-likeness (QED) is 0.802. The average molecular weight is 241 g/mol. The van der Waals surface area contributed by atoms with E-state index >= 15 is 0 Å². The van der Waals surface area contributed by atoms with Gasteiger partial charge in [-0.25, -0.2) is 4.79 Å². The van der Waals surface area contributed by atoms with Crippen molar-refractivity contribution < 1.29 is 14.6 Å². The van der Waals surface area contributed by atoms with Crippen molar-refractivity contribution in [3.8, 4) is 0 Å². The second-order valence-electron chi connectivity index (χ2n) is 5.19. The van der Waals surface area contributed by atoms with Crippen LogP contribution in [0.25, 0.3) is 0 Å². The van der Waals surface area contributed by atoms with Gasteiger partial charge >= 0.3 is 5.97 Å². The number of carboxylic acid groups (broad SMARTS) is 1. The Morgan fingerprint density at radius 3 is 2.41 bits per heavy atom. The highest BCUT2D eigenvalue weighted by atomic mass is 16.5. The zero-order valence-corrected chi connectivity index (χ0v) is 10.4. The predicted molar refractivity (Wildman–Crippen MR) is 65.1 cm³/mol. The maximum absolute atomic E-state index is 11.0. The van der Waals surface area contributed by atoms with Crippen molar-refractivity contribution in [2.45, 2.75) is 57.1 Å². The van der Waals surface area contributed by atoms with Crippen LogP contribution in [0.15, 0.2) is 0 Å². The van der Waals surface area contributed by atoms with E-state index in [4.69, 9.17) is 9.84 Å². The number of morpholine rings is 1. The first-order chi connectivity index (χ1) is 8.27. The topological polar surface area (TPSA) is 49.8 Å². The van der Waals surface area contributed by atoms with Crippen LogP contribution in [0.1, 0.15) is 44.9 Å². The molecular formula is C13H23NO3. The molecule has 0 radical (unpaired) electrons. The fourth-order valence-corrected chi connectivity index (χ4v) is 2.95. The van der Waals surface area contributed by atoms with Crippen molar-refractivity contribution in [1.82, 2.24) is 4.90 Å². The number of hydrogen-bond acceptors (Lipinski definition) is 3. The van der Waals surface area contributed by atoms with E-state index < -0.39 is 12.1 Å². The summed E-state index contributed by atoms with van der Waals surface area (Å²) in [7, 11) is 0. The predicted octanol–water partition coefficient (Wildman–Crippen LogP) is 1.88. The van der Waals surface area contributed by atoms with Crippen LogP contribution in [0.3, 0.4) is 0 Å². The summed E-state index contributed by atoms with van der Waals surface area (Å²) in [5.74, 6) is -0.819. The number of carbonyl (C=O) groups is 1. The largest absolute Gasteiger partial charge is 0.479 e. The third kappa shape index (κ3) is 3.68. The zero-order valence-electron chi connectivity index (χ0n) is 10.4. The normalized spacial score (nSPS) is 29.5. The molecule has 0 aromatic heterocycles. The molecule has 1 N–H and O–H groups in total. The van der Waals surface area contributed by atoms with E-state index in [9.17, 15) is 4.79 Å². The maximum Gasteiger partial charge on any atom is 0.334 e. The molecule has 1 atom stereocenters. The Balaban J connectivity index is 1.88. The monoisotopic (exact) mass is 241 g/mol. The van der Waals surface area contributed by atoms with E-state index in [0.717, 1.165) is 6.54 Å². The van der Waals surface area contributed by atoms with Gasteiger partial charge in [0, 0.05) is 19.1 Å². The molecule has 98 valence electrons. The molecule has 1 unspecified atom stereocenters. The molecule has 1 saturated heterocycles. The standard InChI is InChI=1S/C13H23NO3/c15-13(16)12-10-14(8-9-17-12)11-6-4-2-1-3-5-7-11/h11-12H,1-10H2,(H,15,16). The zero-order chi connectivity index (χ0) is 12.1. The SMILES string of the molecule is O=C(O)C1CN(C2CCCCCCC2)CCO1. The lowest BCUT2D eigenvalue weighted by Crippen LogP contribution is -2.50. The molecule has 0 aromatic carbocycles. The van der Waals surface area contributed by atoms with Crippen LogP contribution in [0.4, 0.5) is 0 Å². The number of hydrogen-bond donors (Lipinski definition) is 1. The number of carboxylic acids is 1. The lowest BCUT2D eigenvalue weighted by Gasteiger charge is -2.37. The van der Waals surface area contributed by atoms with Crippen molar-refractivity contribution >= 4 is 5.97 Å². The van der Waals surface area contributed by atoms with E-state index in [1.165, 1.54) is 44.9 Å². The second kappa shape index (κ2) is 6.36. The van der Waals surface area contributed by atoms with Gasteiger partial charge in [-0.05, 0) is 12.8 Å². The molecule has 2 fully saturated rings. The molecule has 0 amide bonds. The molecule has 1 heterocycles. The molecule has 1 aliphatic carbocycles. The number of rotatable bonds is 2. The molecule has 0 spiro atoms. The van der Waals surface area contributed by atoms with E-state index in [1.54, 1.807) is 0 Å². The van der Waals surface area contributed by atoms with Crippen molar-refractivity contribution in [1.29, 1.82) is 0 Å². The maximum atomic E-state index is 11.0. The van der Waals surface area contributed by atoms with Crippen LogP contribution in [-0.4, -0.2) is 47.8 Å². The Bertz CT molecular complexity index is 249. The minimum atomic E-state index is -0.819. The lowest BCUT2D eigenvalue weighted by molar-refractivity contribution is -0.157. The van der Waals surface area contributed by atoms with Crippen molar-refractivity contribution in [2.24, 2.45) is 0 Å². The highest BCUT2D eigenvalue weighted by Gasteiger charge is 2.30. The summed E-state index contributed by atoms with van der Waals surface area (Å²) in [5, 5.41) is 9.00. The smallest absolute Gasteiger partial charge is 0.334 e. The number of ether oxygens (including phenoxy) is 1. The summed E-state index contributed by atoms with van der Waals surface area (Å²) in [6, 6.07) is 0.584. The Kier molecular flexibility index (Phi) is 4.80. The summed E-state index contributed by atoms with van der Waals surface area (Å²) in [6.07, 6.45) is 8.47. The van der Waals surface area contributed by atoms with E-state index in [2.05, 4.69) is 4.90 Å².